The summed E-state index contributed by atoms with van der Waals surface area (Å²) in [7, 11) is 0. The van der Waals surface area contributed by atoms with Crippen molar-refractivity contribution in [2.24, 2.45) is 0 Å². The molecule has 0 aromatic heterocycles. The Morgan fingerprint density at radius 2 is 2.29 bits per heavy atom. The van der Waals surface area contributed by atoms with Crippen molar-refractivity contribution in [1.82, 2.24) is 5.32 Å². The Balaban J connectivity index is 2.42. The molecule has 0 bridgehead atoms. The normalized spacial score (nSPS) is 20.2. The van der Waals surface area contributed by atoms with Crippen LogP contribution in [0.15, 0.2) is 18.2 Å². The van der Waals surface area contributed by atoms with Crippen LogP contribution in [0.4, 0.5) is 0 Å². The Kier molecular flexibility index (Phi) is 2.44. The van der Waals surface area contributed by atoms with Gasteiger partial charge >= 0.3 is 5.97 Å². The summed E-state index contributed by atoms with van der Waals surface area (Å²) in [5.74, 6) is -0.898. The highest BCUT2D eigenvalue weighted by Gasteiger charge is 2.23. The number of hydrogen-bond donors (Lipinski definition) is 2. The minimum atomic E-state index is -0.898. The summed E-state index contributed by atoms with van der Waals surface area (Å²) in [4.78, 5) is 10.9. The molecule has 2 rings (SSSR count). The maximum Gasteiger partial charge on any atom is 0.336 e. The van der Waals surface area contributed by atoms with Crippen molar-refractivity contribution in [3.63, 3.8) is 0 Å². The zero-order chi connectivity index (χ0) is 10.1. The van der Waals surface area contributed by atoms with Gasteiger partial charge in [-0.3, -0.25) is 0 Å². The van der Waals surface area contributed by atoms with Gasteiger partial charge in [-0.05, 0) is 36.7 Å². The van der Waals surface area contributed by atoms with Crippen molar-refractivity contribution in [1.29, 1.82) is 0 Å². The van der Waals surface area contributed by atoms with Crippen LogP contribution in [-0.2, 0) is 0 Å². The third kappa shape index (κ3) is 1.61. The second-order valence-corrected chi connectivity index (χ2v) is 3.77. The van der Waals surface area contributed by atoms with Gasteiger partial charge in [0.05, 0.1) is 5.56 Å². The van der Waals surface area contributed by atoms with Crippen molar-refractivity contribution in [3.05, 3.63) is 34.3 Å². The highest BCUT2D eigenvalue weighted by molar-refractivity contribution is 6.30. The fraction of sp³-hybridized carbons (Fsp3) is 0.300. The zero-order valence-corrected chi connectivity index (χ0v) is 8.21. The van der Waals surface area contributed by atoms with E-state index in [1.165, 1.54) is 0 Å². The topological polar surface area (TPSA) is 49.3 Å². The van der Waals surface area contributed by atoms with E-state index in [-0.39, 0.29) is 6.04 Å². The average Bonchev–Trinajstić information content (AvgIpc) is 2.00. The van der Waals surface area contributed by atoms with Crippen molar-refractivity contribution >= 4 is 17.6 Å². The second-order valence-electron chi connectivity index (χ2n) is 3.33. The SMILES string of the molecule is O=C(O)c1ccc(Cl)cc1[C@@H]1CCN1. The van der Waals surface area contributed by atoms with Gasteiger partial charge in [0.2, 0.25) is 0 Å². The summed E-state index contributed by atoms with van der Waals surface area (Å²) in [5, 5.41) is 12.7. The number of carbonyl (C=O) groups is 1. The molecule has 0 unspecified atom stereocenters. The van der Waals surface area contributed by atoms with E-state index in [4.69, 9.17) is 16.7 Å². The van der Waals surface area contributed by atoms with Crippen LogP contribution < -0.4 is 5.32 Å². The molecule has 74 valence electrons. The van der Waals surface area contributed by atoms with E-state index in [9.17, 15) is 4.79 Å². The van der Waals surface area contributed by atoms with Crippen LogP contribution in [0.25, 0.3) is 0 Å². The summed E-state index contributed by atoms with van der Waals surface area (Å²) < 4.78 is 0. The molecule has 1 aromatic rings. The number of carboxylic acids is 1. The highest BCUT2D eigenvalue weighted by atomic mass is 35.5. The smallest absolute Gasteiger partial charge is 0.336 e. The fourth-order valence-electron chi connectivity index (χ4n) is 1.57. The molecular weight excluding hydrogens is 202 g/mol. The van der Waals surface area contributed by atoms with E-state index >= 15 is 0 Å². The van der Waals surface area contributed by atoms with Gasteiger partial charge in [0, 0.05) is 11.1 Å². The standard InChI is InChI=1S/C10H10ClNO2/c11-6-1-2-7(10(13)14)8(5-6)9-3-4-12-9/h1-2,5,9,12H,3-4H2,(H,13,14)/t9-/m0/s1. The van der Waals surface area contributed by atoms with Crippen LogP contribution in [0.3, 0.4) is 0 Å². The molecule has 3 nitrogen and oxygen atoms in total. The molecule has 1 aliphatic rings. The number of carboxylic acid groups (broad SMARTS) is 1. The van der Waals surface area contributed by atoms with Crippen LogP contribution in [0.2, 0.25) is 5.02 Å². The summed E-state index contributed by atoms with van der Waals surface area (Å²) in [6.45, 7) is 0.941. The molecule has 1 heterocycles. The predicted octanol–water partition coefficient (Wildman–Crippen LogP) is 2.07. The van der Waals surface area contributed by atoms with E-state index < -0.39 is 5.97 Å². The number of benzene rings is 1. The van der Waals surface area contributed by atoms with Gasteiger partial charge in [-0.25, -0.2) is 4.79 Å². The Morgan fingerprint density at radius 1 is 1.57 bits per heavy atom. The largest absolute Gasteiger partial charge is 0.478 e. The third-order valence-corrected chi connectivity index (χ3v) is 2.68. The summed E-state index contributed by atoms with van der Waals surface area (Å²) in [5.41, 5.74) is 1.13. The Hall–Kier alpha value is -1.06. The number of hydrogen-bond acceptors (Lipinski definition) is 2. The van der Waals surface area contributed by atoms with E-state index in [2.05, 4.69) is 5.32 Å². The molecule has 0 amide bonds. The molecular formula is C10H10ClNO2. The molecule has 0 aliphatic carbocycles. The van der Waals surface area contributed by atoms with Crippen molar-refractivity contribution in [2.75, 3.05) is 6.54 Å². The lowest BCUT2D eigenvalue weighted by molar-refractivity contribution is 0.0694. The summed E-state index contributed by atoms with van der Waals surface area (Å²) in [6, 6.07) is 5.04. The zero-order valence-electron chi connectivity index (χ0n) is 7.46. The molecule has 1 aliphatic heterocycles. The van der Waals surface area contributed by atoms with Gasteiger partial charge in [0.25, 0.3) is 0 Å². The Morgan fingerprint density at radius 3 is 2.79 bits per heavy atom. The lowest BCUT2D eigenvalue weighted by Crippen LogP contribution is -2.36. The molecule has 1 atom stereocenters. The first-order chi connectivity index (χ1) is 6.68. The lowest BCUT2D eigenvalue weighted by Gasteiger charge is -2.29. The van der Waals surface area contributed by atoms with Crippen LogP contribution in [0.1, 0.15) is 28.4 Å². The van der Waals surface area contributed by atoms with E-state index in [1.807, 2.05) is 0 Å². The quantitative estimate of drug-likeness (QED) is 0.788. The molecule has 0 saturated carbocycles. The van der Waals surface area contributed by atoms with Crippen molar-refractivity contribution in [2.45, 2.75) is 12.5 Å². The Labute approximate surface area is 86.7 Å². The first-order valence-electron chi connectivity index (χ1n) is 4.44. The molecule has 0 spiro atoms. The van der Waals surface area contributed by atoms with Crippen molar-refractivity contribution in [3.8, 4) is 0 Å². The first-order valence-corrected chi connectivity index (χ1v) is 4.82. The second kappa shape index (κ2) is 3.59. The third-order valence-electron chi connectivity index (χ3n) is 2.44. The van der Waals surface area contributed by atoms with Crippen molar-refractivity contribution < 1.29 is 9.90 Å². The molecule has 1 saturated heterocycles. The molecule has 1 fully saturated rings. The first kappa shape index (κ1) is 9.49. The molecule has 14 heavy (non-hydrogen) atoms. The molecule has 2 N–H and O–H groups in total. The molecule has 1 aromatic carbocycles. The van der Waals surface area contributed by atoms with Gasteiger partial charge in [-0.2, -0.15) is 0 Å². The number of aromatic carboxylic acids is 1. The average molecular weight is 212 g/mol. The summed E-state index contributed by atoms with van der Waals surface area (Å²) >= 11 is 5.83. The van der Waals surface area contributed by atoms with Gasteiger partial charge in [0.1, 0.15) is 0 Å². The maximum absolute atomic E-state index is 10.9. The van der Waals surface area contributed by atoms with Crippen LogP contribution >= 0.6 is 11.6 Å². The van der Waals surface area contributed by atoms with Crippen LogP contribution in [0, 0.1) is 0 Å². The van der Waals surface area contributed by atoms with Gasteiger partial charge in [-0.1, -0.05) is 11.6 Å². The maximum atomic E-state index is 10.9. The van der Waals surface area contributed by atoms with E-state index in [0.717, 1.165) is 18.5 Å². The van der Waals surface area contributed by atoms with E-state index in [1.54, 1.807) is 18.2 Å². The number of nitrogens with one attached hydrogen (secondary N) is 1. The summed E-state index contributed by atoms with van der Waals surface area (Å²) in [6.07, 6.45) is 0.973. The minimum absolute atomic E-state index is 0.153. The predicted molar refractivity (Wildman–Crippen MR) is 53.8 cm³/mol. The van der Waals surface area contributed by atoms with Gasteiger partial charge in [0.15, 0.2) is 0 Å². The van der Waals surface area contributed by atoms with Crippen LogP contribution in [-0.4, -0.2) is 17.6 Å². The van der Waals surface area contributed by atoms with Crippen LogP contribution in [0.5, 0.6) is 0 Å². The number of rotatable bonds is 2. The lowest BCUT2D eigenvalue weighted by atomic mass is 9.93. The Bertz CT molecular complexity index is 374. The van der Waals surface area contributed by atoms with Gasteiger partial charge < -0.3 is 10.4 Å². The molecule has 4 heteroatoms. The highest BCUT2D eigenvalue weighted by Crippen LogP contribution is 2.28. The minimum Gasteiger partial charge on any atom is -0.478 e. The fourth-order valence-corrected chi connectivity index (χ4v) is 1.75. The van der Waals surface area contributed by atoms with Gasteiger partial charge in [-0.15, -0.1) is 0 Å². The monoisotopic (exact) mass is 211 g/mol. The number of halogens is 1. The van der Waals surface area contributed by atoms with E-state index in [0.29, 0.717) is 10.6 Å². The molecule has 0 radical (unpaired) electrons.